The van der Waals surface area contributed by atoms with E-state index in [0.717, 1.165) is 12.2 Å². The van der Waals surface area contributed by atoms with Gasteiger partial charge in [0, 0.05) is 5.57 Å². The predicted octanol–water partition coefficient (Wildman–Crippen LogP) is 2.53. The van der Waals surface area contributed by atoms with Crippen LogP contribution in [0.25, 0.3) is 0 Å². The maximum atomic E-state index is 12.3. The number of carboxylic acids is 1. The van der Waals surface area contributed by atoms with Gasteiger partial charge in [-0.25, -0.2) is 0 Å². The molecule has 0 bridgehead atoms. The van der Waals surface area contributed by atoms with Gasteiger partial charge in [0.1, 0.15) is 0 Å². The minimum atomic E-state index is -4.44. The summed E-state index contributed by atoms with van der Waals surface area (Å²) in [5.74, 6) is -1.25. The summed E-state index contributed by atoms with van der Waals surface area (Å²) in [6, 6.07) is 0. The molecule has 0 saturated heterocycles. The number of halogens is 3. The van der Waals surface area contributed by atoms with E-state index in [9.17, 15) is 18.0 Å². The molecule has 0 spiro atoms. The molecule has 0 aromatic heterocycles. The van der Waals surface area contributed by atoms with Gasteiger partial charge in [-0.15, -0.1) is 0 Å². The van der Waals surface area contributed by atoms with Crippen molar-refractivity contribution < 1.29 is 23.1 Å². The molecule has 0 heterocycles. The van der Waals surface area contributed by atoms with Crippen LogP contribution in [-0.4, -0.2) is 17.3 Å². The molecule has 1 rings (SSSR count). The first-order chi connectivity index (χ1) is 6.26. The highest BCUT2D eigenvalue weighted by molar-refractivity contribution is 5.77. The summed E-state index contributed by atoms with van der Waals surface area (Å²) in [4.78, 5) is 10.7. The highest BCUT2D eigenvalue weighted by Gasteiger charge is 2.42. The third-order valence-corrected chi connectivity index (χ3v) is 2.17. The second kappa shape index (κ2) is 3.15. The highest BCUT2D eigenvalue weighted by Crippen LogP contribution is 2.39. The number of rotatable bonds is 1. The summed E-state index contributed by atoms with van der Waals surface area (Å²) in [6.07, 6.45) is -1.64. The van der Waals surface area contributed by atoms with Gasteiger partial charge in [-0.2, -0.15) is 13.2 Å². The minimum Gasteiger partial charge on any atom is -0.481 e. The van der Waals surface area contributed by atoms with Crippen LogP contribution in [0.1, 0.15) is 13.3 Å². The number of hydrogen-bond donors (Lipinski definition) is 1. The largest absolute Gasteiger partial charge is 0.481 e. The second-order valence-corrected chi connectivity index (χ2v) is 3.45. The number of carboxylic acid groups (broad SMARTS) is 1. The highest BCUT2D eigenvalue weighted by atomic mass is 19.4. The van der Waals surface area contributed by atoms with Crippen molar-refractivity contribution in [2.45, 2.75) is 19.5 Å². The van der Waals surface area contributed by atoms with E-state index in [4.69, 9.17) is 5.11 Å². The monoisotopic (exact) mass is 206 g/mol. The summed E-state index contributed by atoms with van der Waals surface area (Å²) in [5, 5.41) is 8.74. The van der Waals surface area contributed by atoms with Crippen molar-refractivity contribution in [3.05, 3.63) is 23.8 Å². The van der Waals surface area contributed by atoms with Crippen molar-refractivity contribution >= 4 is 5.97 Å². The van der Waals surface area contributed by atoms with Crippen molar-refractivity contribution in [3.63, 3.8) is 0 Å². The van der Waals surface area contributed by atoms with Gasteiger partial charge in [0.25, 0.3) is 0 Å². The van der Waals surface area contributed by atoms with Gasteiger partial charge < -0.3 is 5.11 Å². The Labute approximate surface area is 78.7 Å². The molecule has 0 aromatic rings. The zero-order valence-corrected chi connectivity index (χ0v) is 7.43. The molecule has 1 unspecified atom stereocenters. The van der Waals surface area contributed by atoms with E-state index in [0.29, 0.717) is 0 Å². The van der Waals surface area contributed by atoms with E-state index in [1.807, 2.05) is 0 Å². The van der Waals surface area contributed by atoms with Crippen LogP contribution in [0, 0.1) is 5.41 Å². The minimum absolute atomic E-state index is 0.512. The van der Waals surface area contributed by atoms with E-state index in [-0.39, 0.29) is 0 Å². The van der Waals surface area contributed by atoms with Gasteiger partial charge >= 0.3 is 12.1 Å². The standard InChI is InChI=1S/C9H9F3O2/c1-8(7(13)14)4-2-3-6(5-8)9(10,11)12/h2-4H,5H2,1H3,(H,13,14). The maximum Gasteiger partial charge on any atom is 0.412 e. The first kappa shape index (κ1) is 10.8. The van der Waals surface area contributed by atoms with Crippen molar-refractivity contribution in [3.8, 4) is 0 Å². The van der Waals surface area contributed by atoms with Crippen molar-refractivity contribution in [2.24, 2.45) is 5.41 Å². The zero-order chi connectivity index (χ0) is 11.0. The van der Waals surface area contributed by atoms with Crippen molar-refractivity contribution in [2.75, 3.05) is 0 Å². The van der Waals surface area contributed by atoms with Gasteiger partial charge in [0.15, 0.2) is 0 Å². The van der Waals surface area contributed by atoms with Crippen molar-refractivity contribution in [1.82, 2.24) is 0 Å². The Morgan fingerprint density at radius 1 is 1.57 bits per heavy atom. The number of aliphatic carboxylic acids is 1. The summed E-state index contributed by atoms with van der Waals surface area (Å²) in [7, 11) is 0. The molecule has 1 N–H and O–H groups in total. The SMILES string of the molecule is CC1(C(=O)O)C=CC=C(C(F)(F)F)C1. The Balaban J connectivity index is 2.95. The molecule has 14 heavy (non-hydrogen) atoms. The molecule has 2 nitrogen and oxygen atoms in total. The quantitative estimate of drug-likeness (QED) is 0.715. The molecular formula is C9H9F3O2. The van der Waals surface area contributed by atoms with Crippen LogP contribution in [0.3, 0.4) is 0 Å². The summed E-state index contributed by atoms with van der Waals surface area (Å²) < 4.78 is 36.8. The van der Waals surface area contributed by atoms with E-state index >= 15 is 0 Å². The lowest BCUT2D eigenvalue weighted by Crippen LogP contribution is -2.30. The van der Waals surface area contributed by atoms with E-state index in [1.165, 1.54) is 13.0 Å². The summed E-state index contributed by atoms with van der Waals surface area (Å²) >= 11 is 0. The molecule has 0 aromatic carbocycles. The maximum absolute atomic E-state index is 12.3. The summed E-state index contributed by atoms with van der Waals surface area (Å²) in [6.45, 7) is 1.27. The number of allylic oxidation sites excluding steroid dienone is 3. The predicted molar refractivity (Wildman–Crippen MR) is 43.6 cm³/mol. The Kier molecular flexibility index (Phi) is 2.43. The Hall–Kier alpha value is -1.26. The summed E-state index contributed by atoms with van der Waals surface area (Å²) in [5.41, 5.74) is -2.25. The molecule has 0 aliphatic heterocycles. The van der Waals surface area contributed by atoms with E-state index in [2.05, 4.69) is 0 Å². The fourth-order valence-electron chi connectivity index (χ4n) is 1.23. The second-order valence-electron chi connectivity index (χ2n) is 3.45. The first-order valence-electron chi connectivity index (χ1n) is 3.95. The molecular weight excluding hydrogens is 197 g/mol. The van der Waals surface area contributed by atoms with Crippen LogP contribution in [0.2, 0.25) is 0 Å². The van der Waals surface area contributed by atoms with E-state index < -0.39 is 29.6 Å². The lowest BCUT2D eigenvalue weighted by molar-refractivity contribution is -0.146. The van der Waals surface area contributed by atoms with Gasteiger partial charge in [-0.1, -0.05) is 18.2 Å². The lowest BCUT2D eigenvalue weighted by Gasteiger charge is -2.26. The number of hydrogen-bond acceptors (Lipinski definition) is 1. The van der Waals surface area contributed by atoms with Crippen LogP contribution in [0.4, 0.5) is 13.2 Å². The van der Waals surface area contributed by atoms with Crippen LogP contribution < -0.4 is 0 Å². The Bertz CT molecular complexity index is 315. The molecule has 1 atom stereocenters. The zero-order valence-electron chi connectivity index (χ0n) is 7.43. The van der Waals surface area contributed by atoms with Gasteiger partial charge in [-0.05, 0) is 13.3 Å². The van der Waals surface area contributed by atoms with Gasteiger partial charge in [0.2, 0.25) is 0 Å². The molecule has 0 saturated carbocycles. The number of carbonyl (C=O) groups is 1. The van der Waals surface area contributed by atoms with Crippen LogP contribution in [0.15, 0.2) is 23.8 Å². The van der Waals surface area contributed by atoms with Crippen LogP contribution in [-0.2, 0) is 4.79 Å². The molecule has 1 aliphatic rings. The number of alkyl halides is 3. The molecule has 0 radical (unpaired) electrons. The average Bonchev–Trinajstić information content (AvgIpc) is 2.02. The third kappa shape index (κ3) is 1.97. The Morgan fingerprint density at radius 2 is 2.14 bits per heavy atom. The topological polar surface area (TPSA) is 37.3 Å². The van der Waals surface area contributed by atoms with Gasteiger partial charge in [-0.3, -0.25) is 4.79 Å². The average molecular weight is 206 g/mol. The fourth-order valence-corrected chi connectivity index (χ4v) is 1.23. The first-order valence-corrected chi connectivity index (χ1v) is 3.95. The molecule has 1 aliphatic carbocycles. The molecule has 5 heteroatoms. The molecule has 78 valence electrons. The van der Waals surface area contributed by atoms with Crippen LogP contribution in [0.5, 0.6) is 0 Å². The van der Waals surface area contributed by atoms with E-state index in [1.54, 1.807) is 0 Å². The smallest absolute Gasteiger partial charge is 0.412 e. The Morgan fingerprint density at radius 3 is 2.57 bits per heavy atom. The fraction of sp³-hybridized carbons (Fsp3) is 0.444. The van der Waals surface area contributed by atoms with Crippen molar-refractivity contribution in [1.29, 1.82) is 0 Å². The lowest BCUT2D eigenvalue weighted by atomic mass is 9.80. The normalized spacial score (nSPS) is 27.3. The van der Waals surface area contributed by atoms with Gasteiger partial charge in [0.05, 0.1) is 5.41 Å². The molecule has 0 fully saturated rings. The third-order valence-electron chi connectivity index (χ3n) is 2.17. The molecule has 0 amide bonds. The van der Waals surface area contributed by atoms with Crippen LogP contribution >= 0.6 is 0 Å².